The largest absolute Gasteiger partial charge is 0.481 e. The molecule has 0 bridgehead atoms. The molecule has 110 valence electrons. The first-order valence-corrected chi connectivity index (χ1v) is 6.83. The first kappa shape index (κ1) is 15.2. The number of carbonyl (C=O) groups is 1. The second-order valence-electron chi connectivity index (χ2n) is 5.09. The fourth-order valence-electron chi connectivity index (χ4n) is 2.62. The van der Waals surface area contributed by atoms with Gasteiger partial charge in [-0.1, -0.05) is 0 Å². The van der Waals surface area contributed by atoms with Crippen LogP contribution in [0.4, 0.5) is 18.9 Å². The molecular weight excluding hydrogens is 339 g/mol. The van der Waals surface area contributed by atoms with Gasteiger partial charge in [0.15, 0.2) is 0 Å². The van der Waals surface area contributed by atoms with Gasteiger partial charge in [-0.3, -0.25) is 4.79 Å². The lowest BCUT2D eigenvalue weighted by Crippen LogP contribution is -2.43. The Balaban J connectivity index is 2.53. The molecule has 3 nitrogen and oxygen atoms in total. The molecule has 20 heavy (non-hydrogen) atoms. The SMILES string of the molecule is Nc1c(Br)cc(F)cc1C1(C(=O)O)CCC(F)(F)CC1. The average Bonchev–Trinajstić information content (AvgIpc) is 2.34. The summed E-state index contributed by atoms with van der Waals surface area (Å²) in [6.07, 6.45) is -1.63. The molecule has 0 aliphatic heterocycles. The minimum absolute atomic E-state index is 0.0624. The summed E-state index contributed by atoms with van der Waals surface area (Å²) in [5.41, 5.74) is 4.39. The molecule has 0 spiro atoms. The van der Waals surface area contributed by atoms with Gasteiger partial charge in [0.25, 0.3) is 0 Å². The minimum Gasteiger partial charge on any atom is -0.481 e. The van der Waals surface area contributed by atoms with Crippen LogP contribution < -0.4 is 5.73 Å². The van der Waals surface area contributed by atoms with E-state index in [-0.39, 0.29) is 28.6 Å². The maximum absolute atomic E-state index is 13.5. The van der Waals surface area contributed by atoms with Gasteiger partial charge in [-0.2, -0.15) is 0 Å². The van der Waals surface area contributed by atoms with Gasteiger partial charge in [0, 0.05) is 17.3 Å². The predicted molar refractivity (Wildman–Crippen MR) is 71.2 cm³/mol. The van der Waals surface area contributed by atoms with Gasteiger partial charge in [0.1, 0.15) is 5.82 Å². The molecule has 1 saturated carbocycles. The van der Waals surface area contributed by atoms with E-state index in [4.69, 9.17) is 5.73 Å². The Morgan fingerprint density at radius 1 is 1.25 bits per heavy atom. The maximum Gasteiger partial charge on any atom is 0.314 e. The highest BCUT2D eigenvalue weighted by atomic mass is 79.9. The van der Waals surface area contributed by atoms with Crippen molar-refractivity contribution in [3.63, 3.8) is 0 Å². The molecule has 0 radical (unpaired) electrons. The van der Waals surface area contributed by atoms with Crippen molar-refractivity contribution >= 4 is 27.6 Å². The van der Waals surface area contributed by atoms with Crippen molar-refractivity contribution in [1.29, 1.82) is 0 Å². The zero-order valence-electron chi connectivity index (χ0n) is 10.4. The minimum atomic E-state index is -2.88. The van der Waals surface area contributed by atoms with Gasteiger partial charge < -0.3 is 10.8 Å². The summed E-state index contributed by atoms with van der Waals surface area (Å²) >= 11 is 3.05. The summed E-state index contributed by atoms with van der Waals surface area (Å²) in [5, 5.41) is 9.48. The lowest BCUT2D eigenvalue weighted by atomic mass is 9.68. The number of rotatable bonds is 2. The van der Waals surface area contributed by atoms with Crippen molar-refractivity contribution < 1.29 is 23.1 Å². The van der Waals surface area contributed by atoms with Crippen molar-refractivity contribution in [2.75, 3.05) is 5.73 Å². The quantitative estimate of drug-likeness (QED) is 0.798. The standard InChI is InChI=1S/C13H13BrF3NO2/c14-9-6-7(15)5-8(10(9)18)12(11(19)20)1-3-13(16,17)4-2-12/h5-6H,1-4,18H2,(H,19,20). The molecule has 0 unspecified atom stereocenters. The summed E-state index contributed by atoms with van der Waals surface area (Å²) in [4.78, 5) is 11.6. The molecular formula is C13H13BrF3NO2. The third-order valence-electron chi connectivity index (χ3n) is 3.85. The van der Waals surface area contributed by atoms with Crippen molar-refractivity contribution in [1.82, 2.24) is 0 Å². The van der Waals surface area contributed by atoms with E-state index in [9.17, 15) is 23.1 Å². The van der Waals surface area contributed by atoms with Gasteiger partial charge in [0.05, 0.1) is 11.1 Å². The molecule has 2 rings (SSSR count). The molecule has 1 aromatic carbocycles. The van der Waals surface area contributed by atoms with Crippen LogP contribution in [0.15, 0.2) is 16.6 Å². The second-order valence-corrected chi connectivity index (χ2v) is 5.95. The predicted octanol–water partition coefficient (Wildman–Crippen LogP) is 3.70. The van der Waals surface area contributed by atoms with E-state index in [0.29, 0.717) is 0 Å². The normalized spacial score (nSPS) is 20.6. The van der Waals surface area contributed by atoms with Crippen LogP contribution >= 0.6 is 15.9 Å². The van der Waals surface area contributed by atoms with Crippen LogP contribution in [0.5, 0.6) is 0 Å². The monoisotopic (exact) mass is 351 g/mol. The van der Waals surface area contributed by atoms with E-state index in [1.807, 2.05) is 0 Å². The van der Waals surface area contributed by atoms with Crippen LogP contribution in [0, 0.1) is 5.82 Å². The topological polar surface area (TPSA) is 63.3 Å². The molecule has 0 saturated heterocycles. The molecule has 0 heterocycles. The Morgan fingerprint density at radius 3 is 2.30 bits per heavy atom. The number of carboxylic acids is 1. The number of nitrogens with two attached hydrogens (primary N) is 1. The van der Waals surface area contributed by atoms with Crippen molar-refractivity contribution in [2.45, 2.75) is 37.0 Å². The Morgan fingerprint density at radius 2 is 1.80 bits per heavy atom. The number of halogens is 4. The van der Waals surface area contributed by atoms with E-state index in [1.54, 1.807) is 0 Å². The Kier molecular flexibility index (Phi) is 3.75. The van der Waals surface area contributed by atoms with Gasteiger partial charge in [-0.15, -0.1) is 0 Å². The summed E-state index contributed by atoms with van der Waals surface area (Å²) in [6, 6.07) is 2.14. The van der Waals surface area contributed by atoms with Crippen molar-refractivity contribution in [2.24, 2.45) is 0 Å². The third kappa shape index (κ3) is 2.51. The van der Waals surface area contributed by atoms with Crippen molar-refractivity contribution in [3.05, 3.63) is 28.0 Å². The Hall–Kier alpha value is -1.24. The van der Waals surface area contributed by atoms with Crippen molar-refractivity contribution in [3.8, 4) is 0 Å². The maximum atomic E-state index is 13.5. The first-order valence-electron chi connectivity index (χ1n) is 6.04. The number of alkyl halides is 2. The van der Waals surface area contributed by atoms with Crippen LogP contribution in [0.1, 0.15) is 31.2 Å². The molecule has 1 aliphatic carbocycles. The lowest BCUT2D eigenvalue weighted by molar-refractivity contribution is -0.149. The number of hydrogen-bond acceptors (Lipinski definition) is 2. The number of benzene rings is 1. The molecule has 3 N–H and O–H groups in total. The van der Waals surface area contributed by atoms with Gasteiger partial charge >= 0.3 is 5.97 Å². The fraction of sp³-hybridized carbons (Fsp3) is 0.462. The lowest BCUT2D eigenvalue weighted by Gasteiger charge is -2.37. The first-order chi connectivity index (χ1) is 9.18. The van der Waals surface area contributed by atoms with E-state index >= 15 is 0 Å². The highest BCUT2D eigenvalue weighted by Crippen LogP contribution is 2.48. The number of nitrogen functional groups attached to an aromatic ring is 1. The smallest absolute Gasteiger partial charge is 0.314 e. The number of carboxylic acid groups (broad SMARTS) is 1. The molecule has 1 aliphatic rings. The summed E-state index contributed by atoms with van der Waals surface area (Å²) in [6.45, 7) is 0. The number of aliphatic carboxylic acids is 1. The van der Waals surface area contributed by atoms with Crippen LogP contribution in [0.2, 0.25) is 0 Å². The Bertz CT molecular complexity index is 553. The summed E-state index contributed by atoms with van der Waals surface area (Å²) in [5.74, 6) is -4.78. The molecule has 1 aromatic rings. The van der Waals surface area contributed by atoms with Crippen LogP contribution in [0.25, 0.3) is 0 Å². The molecule has 7 heteroatoms. The highest BCUT2D eigenvalue weighted by Gasteiger charge is 2.50. The van der Waals surface area contributed by atoms with E-state index < -0.39 is 36.0 Å². The van der Waals surface area contributed by atoms with Gasteiger partial charge in [-0.25, -0.2) is 13.2 Å². The zero-order valence-corrected chi connectivity index (χ0v) is 12.0. The Labute approximate surface area is 122 Å². The van der Waals surface area contributed by atoms with Gasteiger partial charge in [0.2, 0.25) is 5.92 Å². The molecule has 0 amide bonds. The van der Waals surface area contributed by atoms with Gasteiger partial charge in [-0.05, 0) is 46.5 Å². The molecule has 1 fully saturated rings. The van der Waals surface area contributed by atoms with Crippen LogP contribution in [-0.4, -0.2) is 17.0 Å². The number of hydrogen-bond donors (Lipinski definition) is 2. The average molecular weight is 352 g/mol. The van der Waals surface area contributed by atoms with E-state index in [1.165, 1.54) is 0 Å². The molecule has 0 aromatic heterocycles. The zero-order chi connectivity index (χ0) is 15.1. The number of anilines is 1. The summed E-state index contributed by atoms with van der Waals surface area (Å²) < 4.78 is 40.3. The highest BCUT2D eigenvalue weighted by molar-refractivity contribution is 9.10. The fourth-order valence-corrected chi connectivity index (χ4v) is 3.05. The van der Waals surface area contributed by atoms with E-state index in [2.05, 4.69) is 15.9 Å². The molecule has 0 atom stereocenters. The van der Waals surface area contributed by atoms with Crippen LogP contribution in [-0.2, 0) is 10.2 Å². The summed E-state index contributed by atoms with van der Waals surface area (Å²) in [7, 11) is 0. The van der Waals surface area contributed by atoms with Crippen LogP contribution in [0.3, 0.4) is 0 Å². The second kappa shape index (κ2) is 4.95. The third-order valence-corrected chi connectivity index (χ3v) is 4.51. The van der Waals surface area contributed by atoms with E-state index in [0.717, 1.165) is 12.1 Å².